The molecule has 1 aliphatic carbocycles. The van der Waals surface area contributed by atoms with Gasteiger partial charge >= 0.3 is 6.61 Å². The van der Waals surface area contributed by atoms with E-state index in [9.17, 15) is 23.2 Å². The Morgan fingerprint density at radius 2 is 1.83 bits per heavy atom. The molecule has 3 fully saturated rings. The van der Waals surface area contributed by atoms with E-state index < -0.39 is 12.7 Å². The summed E-state index contributed by atoms with van der Waals surface area (Å²) in [7, 11) is 2.02. The average Bonchev–Trinajstić information content (AvgIpc) is 3.70. The molecule has 1 aromatic carbocycles. The SMILES string of the molecule is CC(=O)N1CC(c2ccc(OC(F)F)c(OCC3CC3)c2)C[C@@H]1C(=O)NCc1cccc(C(=O)N2CCN(C)CC2)n1. The van der Waals surface area contributed by atoms with E-state index in [1.165, 1.54) is 17.9 Å². The molecular weight excluding hydrogens is 548 g/mol. The Hall–Kier alpha value is -3.80. The fourth-order valence-corrected chi connectivity index (χ4v) is 5.42. The number of hydrogen-bond donors (Lipinski definition) is 1. The Balaban J connectivity index is 1.23. The van der Waals surface area contributed by atoms with Gasteiger partial charge in [0.05, 0.1) is 18.8 Å². The number of ether oxygens (including phenoxy) is 2. The van der Waals surface area contributed by atoms with Gasteiger partial charge in [0.1, 0.15) is 11.7 Å². The molecule has 3 heterocycles. The monoisotopic (exact) mass is 585 g/mol. The fraction of sp³-hybridized carbons (Fsp3) is 0.533. The van der Waals surface area contributed by atoms with Crippen LogP contribution in [0.4, 0.5) is 8.78 Å². The van der Waals surface area contributed by atoms with Gasteiger partial charge in [0.2, 0.25) is 11.8 Å². The minimum Gasteiger partial charge on any atom is -0.489 e. The Labute approximate surface area is 243 Å². The van der Waals surface area contributed by atoms with Crippen LogP contribution in [0.2, 0.25) is 0 Å². The molecule has 1 unspecified atom stereocenters. The zero-order valence-corrected chi connectivity index (χ0v) is 23.9. The molecule has 3 amide bonds. The number of pyridine rings is 1. The molecule has 1 saturated carbocycles. The molecule has 0 spiro atoms. The number of halogens is 2. The van der Waals surface area contributed by atoms with Crippen molar-refractivity contribution in [1.82, 2.24) is 25.0 Å². The van der Waals surface area contributed by atoms with E-state index >= 15 is 0 Å². The van der Waals surface area contributed by atoms with Crippen LogP contribution in [0.15, 0.2) is 36.4 Å². The van der Waals surface area contributed by atoms with Crippen LogP contribution in [-0.2, 0) is 16.1 Å². The largest absolute Gasteiger partial charge is 0.489 e. The van der Waals surface area contributed by atoms with E-state index in [0.29, 0.717) is 50.0 Å². The Kier molecular flexibility index (Phi) is 9.20. The summed E-state index contributed by atoms with van der Waals surface area (Å²) in [5.74, 6) is -0.281. The first kappa shape index (κ1) is 29.7. The van der Waals surface area contributed by atoms with Gasteiger partial charge in [-0.1, -0.05) is 12.1 Å². The number of likely N-dealkylation sites (tertiary alicyclic amines) is 1. The van der Waals surface area contributed by atoms with Gasteiger partial charge in [-0.3, -0.25) is 14.4 Å². The maximum Gasteiger partial charge on any atom is 0.387 e. The van der Waals surface area contributed by atoms with Crippen molar-refractivity contribution < 1.29 is 32.6 Å². The van der Waals surface area contributed by atoms with Gasteiger partial charge in [-0.15, -0.1) is 0 Å². The Bertz CT molecular complexity index is 1300. The summed E-state index contributed by atoms with van der Waals surface area (Å²) in [6.07, 6.45) is 2.45. The lowest BCUT2D eigenvalue weighted by Gasteiger charge is -2.32. The minimum atomic E-state index is -2.98. The quantitative estimate of drug-likeness (QED) is 0.457. The van der Waals surface area contributed by atoms with Crippen LogP contribution in [0, 0.1) is 5.92 Å². The zero-order valence-electron chi connectivity index (χ0n) is 23.9. The number of nitrogens with zero attached hydrogens (tertiary/aromatic N) is 4. The van der Waals surface area contributed by atoms with Crippen molar-refractivity contribution in [3.63, 3.8) is 0 Å². The third-order valence-corrected chi connectivity index (χ3v) is 8.10. The standard InChI is InChI=1S/C30H37F2N5O5/c1-19(38)37-17-22(21-8-9-26(42-30(31)32)27(15-21)41-18-20-6-7-20)14-25(37)28(39)33-16-23-4-3-5-24(34-23)29(40)36-12-10-35(2)11-13-36/h3-5,8-9,15,20,22,25,30H,6-7,10-14,16-18H2,1-2H3,(H,33,39)/t22?,25-/m1/s1. The molecule has 12 heteroatoms. The molecule has 3 aliphatic rings. The molecule has 2 aliphatic heterocycles. The summed E-state index contributed by atoms with van der Waals surface area (Å²) in [5, 5.41) is 2.88. The summed E-state index contributed by atoms with van der Waals surface area (Å²) in [6, 6.07) is 9.26. The second-order valence-corrected chi connectivity index (χ2v) is 11.3. The summed E-state index contributed by atoms with van der Waals surface area (Å²) in [4.78, 5) is 48.7. The Morgan fingerprint density at radius 1 is 1.07 bits per heavy atom. The highest BCUT2D eigenvalue weighted by atomic mass is 19.3. The molecule has 42 heavy (non-hydrogen) atoms. The average molecular weight is 586 g/mol. The molecule has 5 rings (SSSR count). The van der Waals surface area contributed by atoms with Crippen molar-refractivity contribution in [3.05, 3.63) is 53.3 Å². The van der Waals surface area contributed by atoms with Gasteiger partial charge in [-0.2, -0.15) is 8.78 Å². The summed E-state index contributed by atoms with van der Waals surface area (Å²) in [6.45, 7) is 2.15. The van der Waals surface area contributed by atoms with Crippen molar-refractivity contribution in [2.75, 3.05) is 46.4 Å². The number of alkyl halides is 2. The van der Waals surface area contributed by atoms with Gasteiger partial charge in [-0.05, 0) is 62.1 Å². The third-order valence-electron chi connectivity index (χ3n) is 8.10. The van der Waals surface area contributed by atoms with Gasteiger partial charge < -0.3 is 29.5 Å². The second-order valence-electron chi connectivity index (χ2n) is 11.3. The van der Waals surface area contributed by atoms with Gasteiger partial charge in [0.15, 0.2) is 11.5 Å². The number of benzene rings is 1. The van der Waals surface area contributed by atoms with Crippen LogP contribution in [0.1, 0.15) is 53.8 Å². The van der Waals surface area contributed by atoms with Crippen molar-refractivity contribution >= 4 is 17.7 Å². The molecular formula is C30H37F2N5O5. The highest BCUT2D eigenvalue weighted by molar-refractivity contribution is 5.92. The topological polar surface area (TPSA) is 104 Å². The fourth-order valence-electron chi connectivity index (χ4n) is 5.42. The highest BCUT2D eigenvalue weighted by Crippen LogP contribution is 2.39. The van der Waals surface area contributed by atoms with E-state index in [0.717, 1.165) is 31.5 Å². The van der Waals surface area contributed by atoms with Crippen molar-refractivity contribution in [1.29, 1.82) is 0 Å². The van der Waals surface area contributed by atoms with Gasteiger partial charge in [0, 0.05) is 45.6 Å². The van der Waals surface area contributed by atoms with E-state index in [-0.39, 0.29) is 41.7 Å². The number of likely N-dealkylation sites (N-methyl/N-ethyl adjacent to an activating group) is 1. The molecule has 10 nitrogen and oxygen atoms in total. The molecule has 0 radical (unpaired) electrons. The van der Waals surface area contributed by atoms with E-state index in [2.05, 4.69) is 19.9 Å². The summed E-state index contributed by atoms with van der Waals surface area (Å²) < 4.78 is 36.4. The number of hydrogen-bond acceptors (Lipinski definition) is 7. The number of aromatic nitrogens is 1. The van der Waals surface area contributed by atoms with E-state index in [4.69, 9.17) is 4.74 Å². The van der Waals surface area contributed by atoms with Crippen molar-refractivity contribution in [3.8, 4) is 11.5 Å². The second kappa shape index (κ2) is 13.0. The lowest BCUT2D eigenvalue weighted by Crippen LogP contribution is -2.47. The molecule has 1 N–H and O–H groups in total. The molecule has 2 saturated heterocycles. The van der Waals surface area contributed by atoms with E-state index in [1.54, 1.807) is 35.2 Å². The maximum atomic E-state index is 13.3. The van der Waals surface area contributed by atoms with Crippen molar-refractivity contribution in [2.45, 2.75) is 51.3 Å². The third kappa shape index (κ3) is 7.33. The maximum absolute atomic E-state index is 13.3. The minimum absolute atomic E-state index is 0.0362. The van der Waals surface area contributed by atoms with Crippen LogP contribution < -0.4 is 14.8 Å². The lowest BCUT2D eigenvalue weighted by atomic mass is 9.95. The zero-order chi connectivity index (χ0) is 29.8. The molecule has 1 aromatic heterocycles. The number of carbonyl (C=O) groups excluding carboxylic acids is 3. The van der Waals surface area contributed by atoms with E-state index in [1.807, 2.05) is 7.05 Å². The highest BCUT2D eigenvalue weighted by Gasteiger charge is 2.39. The predicted molar refractivity (Wildman–Crippen MR) is 149 cm³/mol. The summed E-state index contributed by atoms with van der Waals surface area (Å²) >= 11 is 0. The Morgan fingerprint density at radius 3 is 2.52 bits per heavy atom. The number of amides is 3. The number of nitrogens with one attached hydrogen (secondary N) is 1. The number of rotatable bonds is 10. The van der Waals surface area contributed by atoms with Crippen molar-refractivity contribution in [2.24, 2.45) is 5.92 Å². The normalized spacial score (nSPS) is 21.0. The first-order valence-electron chi connectivity index (χ1n) is 14.4. The van der Waals surface area contributed by atoms with Crippen LogP contribution in [0.5, 0.6) is 11.5 Å². The lowest BCUT2D eigenvalue weighted by molar-refractivity contribution is -0.136. The first-order valence-corrected chi connectivity index (χ1v) is 14.4. The molecule has 2 aromatic rings. The number of carbonyl (C=O) groups is 3. The molecule has 226 valence electrons. The van der Waals surface area contributed by atoms with Crippen LogP contribution in [0.3, 0.4) is 0 Å². The van der Waals surface area contributed by atoms with Crippen LogP contribution in [0.25, 0.3) is 0 Å². The van der Waals surface area contributed by atoms with Crippen LogP contribution in [-0.4, -0.2) is 96.4 Å². The smallest absolute Gasteiger partial charge is 0.387 e. The predicted octanol–water partition coefficient (Wildman–Crippen LogP) is 2.88. The first-order chi connectivity index (χ1) is 20.2. The van der Waals surface area contributed by atoms with Gasteiger partial charge in [-0.25, -0.2) is 4.98 Å². The molecule has 2 atom stereocenters. The summed E-state index contributed by atoms with van der Waals surface area (Å²) in [5.41, 5.74) is 1.65. The number of piperazine rings is 1. The van der Waals surface area contributed by atoms with Crippen LogP contribution >= 0.6 is 0 Å². The van der Waals surface area contributed by atoms with Gasteiger partial charge in [0.25, 0.3) is 5.91 Å². The molecule has 0 bridgehead atoms.